The van der Waals surface area contributed by atoms with Crippen molar-refractivity contribution in [3.8, 4) is 0 Å². The summed E-state index contributed by atoms with van der Waals surface area (Å²) in [4.78, 5) is 2.39. The van der Waals surface area contributed by atoms with Crippen LogP contribution in [0.3, 0.4) is 0 Å². The molecule has 0 aromatic heterocycles. The summed E-state index contributed by atoms with van der Waals surface area (Å²) in [6.07, 6.45) is 2.37. The summed E-state index contributed by atoms with van der Waals surface area (Å²) in [5, 5.41) is 2.40. The van der Waals surface area contributed by atoms with Crippen LogP contribution in [0.15, 0.2) is 24.3 Å². The molecule has 92 valence electrons. The van der Waals surface area contributed by atoms with Gasteiger partial charge in [0.05, 0.1) is 0 Å². The highest BCUT2D eigenvalue weighted by Gasteiger charge is 2.23. The number of benzene rings is 1. The molecule has 0 unspecified atom stereocenters. The fourth-order valence-corrected chi connectivity index (χ4v) is 2.84. The molecule has 3 heteroatoms. The third kappa shape index (κ3) is 2.51. The predicted molar refractivity (Wildman–Crippen MR) is 69.8 cm³/mol. The Morgan fingerprint density at radius 3 is 2.18 bits per heavy atom. The van der Waals surface area contributed by atoms with Gasteiger partial charge >= 0.3 is 0 Å². The Morgan fingerprint density at radius 2 is 1.59 bits per heavy atom. The Hall–Kier alpha value is -0.900. The van der Waals surface area contributed by atoms with E-state index in [4.69, 9.17) is 0 Å². The quantitative estimate of drug-likeness (QED) is 0.816. The van der Waals surface area contributed by atoms with E-state index in [2.05, 4.69) is 46.6 Å². The van der Waals surface area contributed by atoms with Crippen molar-refractivity contribution in [2.75, 3.05) is 33.2 Å². The second kappa shape index (κ2) is 4.77. The standard InChI is InChI=1S/C14H21N3/c1-16-6-8-17(9-7-16)15-14-10-12-4-2-3-5-13(12)11-14/h2-5,14-15H,6-11H2,1H3. The number of likely N-dealkylation sites (N-methyl/N-ethyl adjacent to an activating group) is 1. The number of nitrogens with zero attached hydrogens (tertiary/aromatic N) is 2. The molecular formula is C14H21N3. The molecule has 3 nitrogen and oxygen atoms in total. The van der Waals surface area contributed by atoms with Crippen molar-refractivity contribution in [2.24, 2.45) is 0 Å². The maximum Gasteiger partial charge on any atom is 0.0296 e. The van der Waals surface area contributed by atoms with Crippen molar-refractivity contribution >= 4 is 0 Å². The number of hydrogen-bond acceptors (Lipinski definition) is 3. The van der Waals surface area contributed by atoms with Crippen LogP contribution in [0, 0.1) is 0 Å². The number of hydrogen-bond donors (Lipinski definition) is 1. The number of nitrogens with one attached hydrogen (secondary N) is 1. The Kier molecular flexibility index (Phi) is 3.14. The van der Waals surface area contributed by atoms with Crippen LogP contribution in [0.2, 0.25) is 0 Å². The molecule has 1 aliphatic heterocycles. The van der Waals surface area contributed by atoms with Gasteiger partial charge in [-0.25, -0.2) is 5.01 Å². The van der Waals surface area contributed by atoms with Crippen LogP contribution in [-0.4, -0.2) is 49.2 Å². The molecule has 3 rings (SSSR count). The summed E-state index contributed by atoms with van der Waals surface area (Å²) in [6.45, 7) is 4.63. The van der Waals surface area contributed by atoms with E-state index in [9.17, 15) is 0 Å². The van der Waals surface area contributed by atoms with Gasteiger partial charge in [-0.3, -0.25) is 5.43 Å². The van der Waals surface area contributed by atoms with Gasteiger partial charge in [0.2, 0.25) is 0 Å². The molecule has 1 heterocycles. The second-order valence-corrected chi connectivity index (χ2v) is 5.29. The average Bonchev–Trinajstić information content (AvgIpc) is 2.74. The first-order valence-corrected chi connectivity index (χ1v) is 6.58. The lowest BCUT2D eigenvalue weighted by molar-refractivity contribution is 0.0884. The minimum absolute atomic E-state index is 0.607. The summed E-state index contributed by atoms with van der Waals surface area (Å²) in [7, 11) is 2.20. The Balaban J connectivity index is 1.55. The number of hydrazine groups is 1. The van der Waals surface area contributed by atoms with Gasteiger partial charge in [-0.1, -0.05) is 24.3 Å². The highest BCUT2D eigenvalue weighted by atomic mass is 15.5. The molecule has 1 N–H and O–H groups in total. The van der Waals surface area contributed by atoms with Crippen LogP contribution in [0.1, 0.15) is 11.1 Å². The minimum Gasteiger partial charge on any atom is -0.304 e. The lowest BCUT2D eigenvalue weighted by Gasteiger charge is -2.34. The minimum atomic E-state index is 0.607. The summed E-state index contributed by atoms with van der Waals surface area (Å²) in [6, 6.07) is 9.44. The van der Waals surface area contributed by atoms with Gasteiger partial charge in [-0.2, -0.15) is 0 Å². The molecule has 0 atom stereocenters. The molecule has 0 radical (unpaired) electrons. The van der Waals surface area contributed by atoms with Gasteiger partial charge < -0.3 is 4.90 Å². The first-order valence-electron chi connectivity index (χ1n) is 6.58. The van der Waals surface area contributed by atoms with E-state index >= 15 is 0 Å². The molecule has 1 aromatic rings. The molecule has 0 spiro atoms. The molecule has 1 aliphatic carbocycles. The topological polar surface area (TPSA) is 18.5 Å². The normalized spacial score (nSPS) is 22.9. The van der Waals surface area contributed by atoms with Crippen molar-refractivity contribution in [1.82, 2.24) is 15.3 Å². The average molecular weight is 231 g/mol. The highest BCUT2D eigenvalue weighted by molar-refractivity contribution is 5.33. The van der Waals surface area contributed by atoms with Gasteiger partial charge in [0.25, 0.3) is 0 Å². The maximum absolute atomic E-state index is 3.69. The number of piperazine rings is 1. The van der Waals surface area contributed by atoms with Crippen LogP contribution in [0.25, 0.3) is 0 Å². The monoisotopic (exact) mass is 231 g/mol. The fraction of sp³-hybridized carbons (Fsp3) is 0.571. The number of rotatable bonds is 2. The lowest BCUT2D eigenvalue weighted by atomic mass is 10.1. The Bertz CT molecular complexity index is 358. The van der Waals surface area contributed by atoms with Crippen molar-refractivity contribution in [2.45, 2.75) is 18.9 Å². The van der Waals surface area contributed by atoms with Crippen LogP contribution in [0.5, 0.6) is 0 Å². The van der Waals surface area contributed by atoms with Crippen LogP contribution in [0.4, 0.5) is 0 Å². The lowest BCUT2D eigenvalue weighted by Crippen LogP contribution is -2.54. The van der Waals surface area contributed by atoms with E-state index in [1.165, 1.54) is 37.1 Å². The van der Waals surface area contributed by atoms with Crippen LogP contribution in [-0.2, 0) is 12.8 Å². The first-order chi connectivity index (χ1) is 8.31. The molecule has 2 aliphatic rings. The summed E-state index contributed by atoms with van der Waals surface area (Å²) in [5.74, 6) is 0. The maximum atomic E-state index is 3.69. The van der Waals surface area contributed by atoms with E-state index in [0.29, 0.717) is 6.04 Å². The Morgan fingerprint density at radius 1 is 1.00 bits per heavy atom. The van der Waals surface area contributed by atoms with Crippen LogP contribution < -0.4 is 5.43 Å². The smallest absolute Gasteiger partial charge is 0.0296 e. The zero-order valence-corrected chi connectivity index (χ0v) is 10.5. The molecule has 1 aromatic carbocycles. The third-order valence-corrected chi connectivity index (χ3v) is 3.92. The molecule has 1 saturated heterocycles. The molecule has 17 heavy (non-hydrogen) atoms. The summed E-state index contributed by atoms with van der Waals surface area (Å²) in [5.41, 5.74) is 6.75. The van der Waals surface area contributed by atoms with Gasteiger partial charge in [-0.15, -0.1) is 0 Å². The van der Waals surface area contributed by atoms with Crippen molar-refractivity contribution < 1.29 is 0 Å². The zero-order valence-electron chi connectivity index (χ0n) is 10.5. The van der Waals surface area contributed by atoms with Crippen molar-refractivity contribution in [1.29, 1.82) is 0 Å². The second-order valence-electron chi connectivity index (χ2n) is 5.29. The zero-order chi connectivity index (χ0) is 11.7. The van der Waals surface area contributed by atoms with Crippen molar-refractivity contribution in [3.05, 3.63) is 35.4 Å². The van der Waals surface area contributed by atoms with E-state index in [-0.39, 0.29) is 0 Å². The first kappa shape index (κ1) is 11.2. The molecule has 1 fully saturated rings. The third-order valence-electron chi connectivity index (χ3n) is 3.92. The van der Waals surface area contributed by atoms with Gasteiger partial charge in [0.1, 0.15) is 0 Å². The summed E-state index contributed by atoms with van der Waals surface area (Å²) < 4.78 is 0. The highest BCUT2D eigenvalue weighted by Crippen LogP contribution is 2.21. The fourth-order valence-electron chi connectivity index (χ4n) is 2.84. The number of fused-ring (bicyclic) bond motifs is 1. The van der Waals surface area contributed by atoms with Gasteiger partial charge in [-0.05, 0) is 31.0 Å². The molecular weight excluding hydrogens is 210 g/mol. The van der Waals surface area contributed by atoms with Crippen molar-refractivity contribution in [3.63, 3.8) is 0 Å². The van der Waals surface area contributed by atoms with E-state index in [1.807, 2.05) is 0 Å². The van der Waals surface area contributed by atoms with E-state index in [1.54, 1.807) is 0 Å². The summed E-state index contributed by atoms with van der Waals surface area (Å²) >= 11 is 0. The molecule has 0 bridgehead atoms. The van der Waals surface area contributed by atoms with Gasteiger partial charge in [0.15, 0.2) is 0 Å². The van der Waals surface area contributed by atoms with Gasteiger partial charge in [0, 0.05) is 32.2 Å². The predicted octanol–water partition coefficient (Wildman–Crippen LogP) is 0.906. The van der Waals surface area contributed by atoms with Crippen LogP contribution >= 0.6 is 0 Å². The largest absolute Gasteiger partial charge is 0.304 e. The Labute approximate surface area is 103 Å². The van der Waals surface area contributed by atoms with E-state index in [0.717, 1.165) is 13.1 Å². The molecule has 0 amide bonds. The SMILES string of the molecule is CN1CCN(NC2Cc3ccccc3C2)CC1. The van der Waals surface area contributed by atoms with E-state index < -0.39 is 0 Å². The molecule has 0 saturated carbocycles.